The summed E-state index contributed by atoms with van der Waals surface area (Å²) in [5.41, 5.74) is 1.90. The van der Waals surface area contributed by atoms with Gasteiger partial charge in [-0.3, -0.25) is 9.09 Å². The molecule has 39 heavy (non-hydrogen) atoms. The number of carbonyl (C=O) groups is 2. The maximum Gasteiger partial charge on any atom is 0.510 e. The zero-order valence-corrected chi connectivity index (χ0v) is 22.2. The molecule has 1 aromatic rings. The third-order valence-corrected chi connectivity index (χ3v) is 5.92. The minimum absolute atomic E-state index is 0.175. The number of aromatic nitrogens is 2. The maximum atomic E-state index is 13.1. The van der Waals surface area contributed by atoms with E-state index in [1.54, 1.807) is 33.8 Å². The molecule has 0 aliphatic carbocycles. The maximum absolute atomic E-state index is 13.1. The quantitative estimate of drug-likeness (QED) is 0.171. The van der Waals surface area contributed by atoms with Gasteiger partial charge in [0.2, 0.25) is 13.6 Å². The number of phosphoric acid groups is 1. The molecule has 0 saturated carbocycles. The first-order valence-electron chi connectivity index (χ1n) is 11.2. The van der Waals surface area contributed by atoms with Gasteiger partial charge in [-0.15, -0.1) is 0 Å². The summed E-state index contributed by atoms with van der Waals surface area (Å²) < 4.78 is 52.6. The molecule has 1 saturated heterocycles. The highest BCUT2D eigenvalue weighted by molar-refractivity contribution is 7.48. The lowest BCUT2D eigenvalue weighted by Gasteiger charge is -2.26. The van der Waals surface area contributed by atoms with Crippen LogP contribution in [0.3, 0.4) is 0 Å². The number of ether oxygens (including phenoxy) is 5. The van der Waals surface area contributed by atoms with Gasteiger partial charge in [-0.25, -0.2) is 28.0 Å². The molecule has 1 aliphatic rings. The lowest BCUT2D eigenvalue weighted by atomic mass is 10.0. The highest BCUT2D eigenvalue weighted by Gasteiger charge is 2.57. The van der Waals surface area contributed by atoms with Gasteiger partial charge in [0.25, 0.3) is 5.72 Å². The normalized spacial score (nSPS) is 22.9. The third-order valence-electron chi connectivity index (χ3n) is 4.62. The van der Waals surface area contributed by atoms with Crippen LogP contribution < -0.4 is 11.4 Å². The van der Waals surface area contributed by atoms with Crippen molar-refractivity contribution in [3.8, 4) is 6.07 Å². The fourth-order valence-electron chi connectivity index (χ4n) is 2.96. The molecule has 0 amide bonds. The summed E-state index contributed by atoms with van der Waals surface area (Å²) in [5.74, 6) is -0.175. The van der Waals surface area contributed by atoms with E-state index in [4.69, 9.17) is 33.5 Å². The number of nitrogen functional groups attached to an aromatic ring is 1. The molecular weight excluding hydrogens is 551 g/mol. The number of nitrogens with zero attached hydrogens (tertiary/aromatic N) is 3. The summed E-state index contributed by atoms with van der Waals surface area (Å²) in [7, 11) is -4.76. The average Bonchev–Trinajstić information content (AvgIpc) is 3.07. The zero-order chi connectivity index (χ0) is 29.4. The van der Waals surface area contributed by atoms with Gasteiger partial charge >= 0.3 is 25.8 Å². The molecule has 1 aliphatic heterocycles. The zero-order valence-electron chi connectivity index (χ0n) is 21.3. The Morgan fingerprint density at radius 1 is 1.15 bits per heavy atom. The van der Waals surface area contributed by atoms with Crippen LogP contribution in [0.25, 0.3) is 0 Å². The van der Waals surface area contributed by atoms with Crippen LogP contribution >= 0.6 is 7.82 Å². The molecule has 0 spiro atoms. The van der Waals surface area contributed by atoms with Gasteiger partial charge in [-0.05, 0) is 33.8 Å². The molecule has 0 radical (unpaired) electrons. The monoisotopic (exact) mass is 580 g/mol. The van der Waals surface area contributed by atoms with Gasteiger partial charge in [0.15, 0.2) is 0 Å². The number of carbonyl (C=O) groups excluding carboxylic acids is 2. The number of rotatable bonds is 12. The first kappa shape index (κ1) is 31.9. The second-order valence-electron chi connectivity index (χ2n) is 8.26. The Kier molecular flexibility index (Phi) is 11.2. The van der Waals surface area contributed by atoms with Crippen LogP contribution in [0.2, 0.25) is 0 Å². The Labute approximate surface area is 221 Å². The first-order valence-corrected chi connectivity index (χ1v) is 12.7. The fourth-order valence-corrected chi connectivity index (χ4v) is 3.88. The summed E-state index contributed by atoms with van der Waals surface area (Å²) >= 11 is 0. The van der Waals surface area contributed by atoms with Gasteiger partial charge in [0.1, 0.15) is 30.2 Å². The SMILES string of the molecule is CC(C)OC(=O)OCOP(=O)(OCOC(=O)OC(C)C)OC[C@H]1O[C@@](C#N)(n2ccc(N)nc2=O)[C@H](O)[C@@H]1O. The van der Waals surface area contributed by atoms with E-state index < -0.39 is 82.3 Å². The van der Waals surface area contributed by atoms with Gasteiger partial charge in [0.05, 0.1) is 18.8 Å². The molecular formula is C20H29N4O14P. The Morgan fingerprint density at radius 3 is 2.15 bits per heavy atom. The van der Waals surface area contributed by atoms with Crippen molar-refractivity contribution in [3.05, 3.63) is 22.7 Å². The van der Waals surface area contributed by atoms with E-state index in [9.17, 15) is 34.4 Å². The number of hydrogen-bond donors (Lipinski definition) is 3. The highest BCUT2D eigenvalue weighted by Crippen LogP contribution is 2.50. The number of nitrogens with two attached hydrogens (primary N) is 1. The van der Waals surface area contributed by atoms with Crippen molar-refractivity contribution >= 4 is 26.0 Å². The van der Waals surface area contributed by atoms with Crippen LogP contribution in [-0.4, -0.2) is 82.8 Å². The number of aliphatic hydroxyl groups excluding tert-OH is 2. The summed E-state index contributed by atoms with van der Waals surface area (Å²) in [6.45, 7) is 3.29. The lowest BCUT2D eigenvalue weighted by molar-refractivity contribution is -0.111. The number of phosphoric ester groups is 1. The van der Waals surface area contributed by atoms with E-state index in [2.05, 4.69) is 14.5 Å². The van der Waals surface area contributed by atoms with Crippen LogP contribution in [-0.2, 0) is 47.5 Å². The van der Waals surface area contributed by atoms with E-state index >= 15 is 0 Å². The van der Waals surface area contributed by atoms with E-state index in [1.165, 1.54) is 0 Å². The highest BCUT2D eigenvalue weighted by atomic mass is 31.2. The molecule has 1 aromatic heterocycles. The van der Waals surface area contributed by atoms with Crippen molar-refractivity contribution in [1.29, 1.82) is 5.26 Å². The first-order chi connectivity index (χ1) is 18.2. The smallest absolute Gasteiger partial charge is 0.432 e. The number of aliphatic hydroxyl groups is 2. The van der Waals surface area contributed by atoms with Crippen molar-refractivity contribution in [2.24, 2.45) is 0 Å². The van der Waals surface area contributed by atoms with Gasteiger partial charge in [0, 0.05) is 6.20 Å². The van der Waals surface area contributed by atoms with Crippen LogP contribution in [0, 0.1) is 11.3 Å². The van der Waals surface area contributed by atoms with E-state index in [0.717, 1.165) is 12.3 Å². The predicted molar refractivity (Wildman–Crippen MR) is 124 cm³/mol. The average molecular weight is 580 g/mol. The summed E-state index contributed by atoms with van der Waals surface area (Å²) in [4.78, 5) is 38.8. The molecule has 218 valence electrons. The predicted octanol–water partition coefficient (Wildman–Crippen LogP) is 0.319. The van der Waals surface area contributed by atoms with Crippen molar-refractivity contribution < 1.29 is 61.6 Å². The van der Waals surface area contributed by atoms with Crippen molar-refractivity contribution in [1.82, 2.24) is 9.55 Å². The molecule has 1 fully saturated rings. The van der Waals surface area contributed by atoms with E-state index in [0.29, 0.717) is 4.57 Å². The lowest BCUT2D eigenvalue weighted by Crippen LogP contribution is -2.49. The Morgan fingerprint density at radius 2 is 1.69 bits per heavy atom. The van der Waals surface area contributed by atoms with Crippen LogP contribution in [0.1, 0.15) is 27.7 Å². The summed E-state index contributed by atoms with van der Waals surface area (Å²) in [6, 6.07) is 2.76. The molecule has 2 heterocycles. The standard InChI is InChI=1S/C20H29N4O14P/c1-11(2)36-18(28)31-9-34-39(30,35-10-32-19(29)37-12(3)4)33-7-13-15(25)16(26)20(8-21,38-13)24-6-5-14(22)23-17(24)27/h5-6,11-13,15-16,25-26H,7,9-10H2,1-4H3,(H2,22,23,27)/t13-,15-,16-,20-/m1/s1. The van der Waals surface area contributed by atoms with Crippen LogP contribution in [0.5, 0.6) is 0 Å². The van der Waals surface area contributed by atoms with E-state index in [-0.39, 0.29) is 5.82 Å². The number of hydrogen-bond acceptors (Lipinski definition) is 17. The molecule has 4 atom stereocenters. The van der Waals surface area contributed by atoms with Gasteiger partial charge in [-0.2, -0.15) is 10.2 Å². The minimum atomic E-state index is -4.76. The summed E-state index contributed by atoms with van der Waals surface area (Å²) in [5, 5.41) is 30.8. The van der Waals surface area contributed by atoms with Crippen molar-refractivity contribution in [2.75, 3.05) is 25.9 Å². The Bertz CT molecular complexity index is 1120. The van der Waals surface area contributed by atoms with Gasteiger partial charge in [-0.1, -0.05) is 0 Å². The molecule has 0 bridgehead atoms. The van der Waals surface area contributed by atoms with Gasteiger partial charge < -0.3 is 39.6 Å². The molecule has 4 N–H and O–H groups in total. The van der Waals surface area contributed by atoms with Crippen LogP contribution in [0.15, 0.2) is 17.1 Å². The Balaban J connectivity index is 2.14. The Hall–Kier alpha value is -3.30. The van der Waals surface area contributed by atoms with Crippen molar-refractivity contribution in [3.63, 3.8) is 0 Å². The second-order valence-corrected chi connectivity index (χ2v) is 9.93. The van der Waals surface area contributed by atoms with E-state index in [1.807, 2.05) is 0 Å². The minimum Gasteiger partial charge on any atom is -0.432 e. The molecule has 0 aromatic carbocycles. The molecule has 19 heteroatoms. The number of anilines is 1. The summed E-state index contributed by atoms with van der Waals surface area (Å²) in [6.07, 6.45) is -7.86. The third kappa shape index (κ3) is 8.60. The molecule has 0 unspecified atom stereocenters. The largest absolute Gasteiger partial charge is 0.510 e. The number of nitriles is 1. The topological polar surface area (TPSA) is 250 Å². The fraction of sp³-hybridized carbons (Fsp3) is 0.650. The molecule has 18 nitrogen and oxygen atoms in total. The second kappa shape index (κ2) is 13.7. The van der Waals surface area contributed by atoms with Crippen molar-refractivity contribution in [2.45, 2.75) is 63.9 Å². The molecule has 2 rings (SSSR count). The van der Waals surface area contributed by atoms with Crippen LogP contribution in [0.4, 0.5) is 15.4 Å².